The second kappa shape index (κ2) is 7.00. The third kappa shape index (κ3) is 3.73. The highest BCUT2D eigenvalue weighted by molar-refractivity contribution is 5.58. The van der Waals surface area contributed by atoms with E-state index in [1.54, 1.807) is 25.1 Å². The molecule has 0 spiro atoms. The average molecular weight is 248 g/mol. The van der Waals surface area contributed by atoms with Gasteiger partial charge in [-0.05, 0) is 26.0 Å². The summed E-state index contributed by atoms with van der Waals surface area (Å²) in [6, 6.07) is 7.44. The van der Waals surface area contributed by atoms with Gasteiger partial charge in [0.15, 0.2) is 0 Å². The van der Waals surface area contributed by atoms with Crippen LogP contribution in [-0.2, 0) is 4.74 Å². The van der Waals surface area contributed by atoms with Crippen molar-refractivity contribution in [2.24, 2.45) is 0 Å². The van der Waals surface area contributed by atoms with Crippen molar-refractivity contribution < 1.29 is 9.84 Å². The Kier molecular flexibility index (Phi) is 5.63. The van der Waals surface area contributed by atoms with Gasteiger partial charge in [0.1, 0.15) is 0 Å². The number of rotatable bonds is 6. The Balaban J connectivity index is 2.93. The van der Waals surface area contributed by atoms with Crippen molar-refractivity contribution in [3.8, 4) is 6.07 Å². The normalized spacial score (nSPS) is 11.9. The van der Waals surface area contributed by atoms with E-state index >= 15 is 0 Å². The summed E-state index contributed by atoms with van der Waals surface area (Å²) in [5.74, 6) is 0. The zero-order valence-electron chi connectivity index (χ0n) is 11.2. The van der Waals surface area contributed by atoms with Crippen LogP contribution in [-0.4, -0.2) is 31.9 Å². The van der Waals surface area contributed by atoms with Crippen LogP contribution >= 0.6 is 0 Å². The van der Waals surface area contributed by atoms with Crippen LogP contribution in [0.4, 0.5) is 5.69 Å². The van der Waals surface area contributed by atoms with Gasteiger partial charge in [0.25, 0.3) is 0 Å². The highest BCUT2D eigenvalue weighted by Gasteiger charge is 2.12. The first-order valence-electron chi connectivity index (χ1n) is 6.11. The van der Waals surface area contributed by atoms with Crippen LogP contribution in [0, 0.1) is 11.3 Å². The molecular weight excluding hydrogens is 228 g/mol. The first-order chi connectivity index (χ1) is 8.60. The SMILES string of the molecule is CCOCCN(C)c1cc(C#N)ccc1[C@H](C)O. The summed E-state index contributed by atoms with van der Waals surface area (Å²) in [7, 11) is 1.93. The fourth-order valence-corrected chi connectivity index (χ4v) is 1.76. The predicted molar refractivity (Wildman–Crippen MR) is 71.6 cm³/mol. The van der Waals surface area contributed by atoms with Crippen LogP contribution < -0.4 is 4.90 Å². The van der Waals surface area contributed by atoms with Gasteiger partial charge in [-0.3, -0.25) is 0 Å². The lowest BCUT2D eigenvalue weighted by molar-refractivity contribution is 0.154. The topological polar surface area (TPSA) is 56.5 Å². The predicted octanol–water partition coefficient (Wildman–Crippen LogP) is 2.08. The lowest BCUT2D eigenvalue weighted by Crippen LogP contribution is -2.24. The maximum Gasteiger partial charge on any atom is 0.0992 e. The molecule has 0 heterocycles. The van der Waals surface area contributed by atoms with Crippen molar-refractivity contribution in [2.45, 2.75) is 20.0 Å². The number of likely N-dealkylation sites (N-methyl/N-ethyl adjacent to an activating group) is 1. The fourth-order valence-electron chi connectivity index (χ4n) is 1.76. The third-order valence-corrected chi connectivity index (χ3v) is 2.80. The Bertz CT molecular complexity index is 424. The molecule has 0 saturated heterocycles. The number of benzene rings is 1. The molecule has 0 aromatic heterocycles. The Labute approximate surface area is 108 Å². The molecule has 1 atom stereocenters. The number of ether oxygens (including phenoxy) is 1. The minimum Gasteiger partial charge on any atom is -0.389 e. The fraction of sp³-hybridized carbons (Fsp3) is 0.500. The lowest BCUT2D eigenvalue weighted by atomic mass is 10.0. The third-order valence-electron chi connectivity index (χ3n) is 2.80. The summed E-state index contributed by atoms with van der Waals surface area (Å²) in [4.78, 5) is 2.00. The second-order valence-electron chi connectivity index (χ2n) is 4.18. The molecule has 1 aromatic carbocycles. The molecular formula is C14H20N2O2. The van der Waals surface area contributed by atoms with Crippen LogP contribution in [0.15, 0.2) is 18.2 Å². The molecule has 4 heteroatoms. The Hall–Kier alpha value is -1.57. The molecule has 0 bridgehead atoms. The molecule has 4 nitrogen and oxygen atoms in total. The maximum absolute atomic E-state index is 9.75. The number of hydrogen-bond donors (Lipinski definition) is 1. The Morgan fingerprint density at radius 2 is 2.22 bits per heavy atom. The van der Waals surface area contributed by atoms with Crippen molar-refractivity contribution >= 4 is 5.69 Å². The van der Waals surface area contributed by atoms with Crippen LogP contribution in [0.2, 0.25) is 0 Å². The first kappa shape index (κ1) is 14.5. The van der Waals surface area contributed by atoms with Gasteiger partial charge in [0.05, 0.1) is 24.3 Å². The van der Waals surface area contributed by atoms with Crippen LogP contribution in [0.1, 0.15) is 31.1 Å². The summed E-state index contributed by atoms with van der Waals surface area (Å²) in [5, 5.41) is 18.7. The second-order valence-corrected chi connectivity index (χ2v) is 4.18. The first-order valence-corrected chi connectivity index (χ1v) is 6.11. The van der Waals surface area contributed by atoms with E-state index in [-0.39, 0.29) is 0 Å². The molecule has 0 unspecified atom stereocenters. The summed E-state index contributed by atoms with van der Waals surface area (Å²) < 4.78 is 5.31. The number of hydrogen-bond acceptors (Lipinski definition) is 4. The summed E-state index contributed by atoms with van der Waals surface area (Å²) >= 11 is 0. The van der Waals surface area contributed by atoms with Gasteiger partial charge in [-0.1, -0.05) is 6.07 Å². The van der Waals surface area contributed by atoms with Crippen molar-refractivity contribution in [3.63, 3.8) is 0 Å². The van der Waals surface area contributed by atoms with Crippen molar-refractivity contribution in [1.29, 1.82) is 5.26 Å². The van der Waals surface area contributed by atoms with E-state index in [0.717, 1.165) is 17.8 Å². The molecule has 0 saturated carbocycles. The van der Waals surface area contributed by atoms with Gasteiger partial charge in [0.2, 0.25) is 0 Å². The quantitative estimate of drug-likeness (QED) is 0.783. The number of anilines is 1. The highest BCUT2D eigenvalue weighted by atomic mass is 16.5. The molecule has 98 valence electrons. The zero-order valence-corrected chi connectivity index (χ0v) is 11.2. The monoisotopic (exact) mass is 248 g/mol. The number of aliphatic hydroxyl groups excluding tert-OH is 1. The summed E-state index contributed by atoms with van der Waals surface area (Å²) in [6.07, 6.45) is -0.553. The van der Waals surface area contributed by atoms with E-state index in [1.807, 2.05) is 18.9 Å². The van der Waals surface area contributed by atoms with Gasteiger partial charge in [-0.2, -0.15) is 5.26 Å². The van der Waals surface area contributed by atoms with Gasteiger partial charge in [-0.25, -0.2) is 0 Å². The molecule has 0 aliphatic rings. The molecule has 0 radical (unpaired) electrons. The van der Waals surface area contributed by atoms with Crippen molar-refractivity contribution in [3.05, 3.63) is 29.3 Å². The van der Waals surface area contributed by atoms with E-state index < -0.39 is 6.10 Å². The molecule has 18 heavy (non-hydrogen) atoms. The van der Waals surface area contributed by atoms with E-state index in [1.165, 1.54) is 0 Å². The molecule has 0 fully saturated rings. The summed E-state index contributed by atoms with van der Waals surface area (Å²) in [5.41, 5.74) is 2.30. The molecule has 1 aromatic rings. The van der Waals surface area contributed by atoms with Crippen LogP contribution in [0.3, 0.4) is 0 Å². The van der Waals surface area contributed by atoms with Gasteiger partial charge >= 0.3 is 0 Å². The van der Waals surface area contributed by atoms with Crippen molar-refractivity contribution in [2.75, 3.05) is 31.7 Å². The van der Waals surface area contributed by atoms with Crippen LogP contribution in [0.25, 0.3) is 0 Å². The zero-order chi connectivity index (χ0) is 13.5. The van der Waals surface area contributed by atoms with E-state index in [9.17, 15) is 5.11 Å². The van der Waals surface area contributed by atoms with E-state index in [0.29, 0.717) is 18.8 Å². The number of aliphatic hydroxyl groups is 1. The largest absolute Gasteiger partial charge is 0.389 e. The number of nitrogens with zero attached hydrogens (tertiary/aromatic N) is 2. The Morgan fingerprint density at radius 3 is 2.78 bits per heavy atom. The molecule has 1 rings (SSSR count). The van der Waals surface area contributed by atoms with Gasteiger partial charge in [-0.15, -0.1) is 0 Å². The summed E-state index contributed by atoms with van der Waals surface area (Å²) in [6.45, 7) is 5.72. The molecule has 0 amide bonds. The highest BCUT2D eigenvalue weighted by Crippen LogP contribution is 2.26. The minimum absolute atomic E-state index is 0.553. The standard InChI is InChI=1S/C14H20N2O2/c1-4-18-8-7-16(3)14-9-12(10-15)5-6-13(14)11(2)17/h5-6,9,11,17H,4,7-8H2,1-3H3/t11-/m0/s1. The molecule has 0 aliphatic carbocycles. The maximum atomic E-state index is 9.75. The van der Waals surface area contributed by atoms with E-state index in [4.69, 9.17) is 10.00 Å². The average Bonchev–Trinajstić information content (AvgIpc) is 2.38. The lowest BCUT2D eigenvalue weighted by Gasteiger charge is -2.23. The molecule has 1 N–H and O–H groups in total. The Morgan fingerprint density at radius 1 is 1.50 bits per heavy atom. The smallest absolute Gasteiger partial charge is 0.0992 e. The van der Waals surface area contributed by atoms with Gasteiger partial charge in [0, 0.05) is 31.5 Å². The minimum atomic E-state index is -0.553. The van der Waals surface area contributed by atoms with Crippen molar-refractivity contribution in [1.82, 2.24) is 0 Å². The van der Waals surface area contributed by atoms with E-state index in [2.05, 4.69) is 6.07 Å². The van der Waals surface area contributed by atoms with Gasteiger partial charge < -0.3 is 14.7 Å². The number of nitriles is 1. The molecule has 0 aliphatic heterocycles. The van der Waals surface area contributed by atoms with Crippen LogP contribution in [0.5, 0.6) is 0 Å².